The lowest BCUT2D eigenvalue weighted by Crippen LogP contribution is -2.44. The van der Waals surface area contributed by atoms with Gasteiger partial charge in [0.1, 0.15) is 0 Å². The van der Waals surface area contributed by atoms with Crippen LogP contribution >= 0.6 is 11.8 Å². The molecule has 2 aromatic carbocycles. The van der Waals surface area contributed by atoms with Gasteiger partial charge in [0.15, 0.2) is 0 Å². The summed E-state index contributed by atoms with van der Waals surface area (Å²) in [5.74, 6) is -0.00487. The van der Waals surface area contributed by atoms with Gasteiger partial charge in [-0.3, -0.25) is 9.59 Å². The number of benzene rings is 2. The molecular formula is C23H26N4O2S. The normalized spacial score (nSPS) is 14.7. The Bertz CT molecular complexity index is 948. The number of nitrogens with zero attached hydrogens (tertiary/aromatic N) is 3. The highest BCUT2D eigenvalue weighted by Gasteiger charge is 2.26. The second kappa shape index (κ2) is 10.3. The summed E-state index contributed by atoms with van der Waals surface area (Å²) in [5, 5.41) is 11.8. The Morgan fingerprint density at radius 2 is 1.93 bits per heavy atom. The van der Waals surface area contributed by atoms with Crippen LogP contribution in [0.4, 0.5) is 5.69 Å². The average Bonchev–Trinajstić information content (AvgIpc) is 2.77. The summed E-state index contributed by atoms with van der Waals surface area (Å²) < 4.78 is 0. The fourth-order valence-corrected chi connectivity index (χ4v) is 4.36. The number of likely N-dealkylation sites (tertiary alicyclic amines) is 1. The van der Waals surface area contributed by atoms with Crippen molar-refractivity contribution in [3.8, 4) is 6.07 Å². The second-order valence-electron chi connectivity index (χ2n) is 7.48. The van der Waals surface area contributed by atoms with Crippen LogP contribution in [0.1, 0.15) is 28.8 Å². The summed E-state index contributed by atoms with van der Waals surface area (Å²) in [6, 6.07) is 16.5. The van der Waals surface area contributed by atoms with E-state index in [0.717, 1.165) is 30.8 Å². The first-order chi connectivity index (χ1) is 14.5. The third-order valence-corrected chi connectivity index (χ3v) is 6.38. The van der Waals surface area contributed by atoms with E-state index >= 15 is 0 Å². The molecule has 1 aliphatic heterocycles. The Hall–Kier alpha value is -2.82. The van der Waals surface area contributed by atoms with Gasteiger partial charge in [0.25, 0.3) is 5.91 Å². The minimum Gasteiger partial charge on any atom is -0.339 e. The number of hydrogen-bond donors (Lipinski definition) is 1. The fraction of sp³-hybridized carbons (Fsp3) is 0.348. The molecule has 30 heavy (non-hydrogen) atoms. The highest BCUT2D eigenvalue weighted by molar-refractivity contribution is 8.00. The van der Waals surface area contributed by atoms with E-state index in [1.54, 1.807) is 24.3 Å². The van der Waals surface area contributed by atoms with Crippen LogP contribution in [0.5, 0.6) is 0 Å². The minimum absolute atomic E-state index is 0.00483. The Labute approximate surface area is 181 Å². The summed E-state index contributed by atoms with van der Waals surface area (Å²) >= 11 is 1.34. The van der Waals surface area contributed by atoms with Crippen LogP contribution in [0.15, 0.2) is 53.4 Å². The molecule has 1 N–H and O–H groups in total. The molecule has 0 bridgehead atoms. The summed E-state index contributed by atoms with van der Waals surface area (Å²) in [5.41, 5.74) is 1.71. The molecule has 1 aliphatic rings. The minimum atomic E-state index is -0.180. The number of anilines is 1. The quantitative estimate of drug-likeness (QED) is 0.722. The van der Waals surface area contributed by atoms with E-state index in [1.807, 2.05) is 36.2 Å². The first-order valence-electron chi connectivity index (χ1n) is 9.95. The van der Waals surface area contributed by atoms with Crippen LogP contribution in [-0.2, 0) is 4.79 Å². The number of rotatable bonds is 6. The number of amides is 2. The van der Waals surface area contributed by atoms with E-state index in [1.165, 1.54) is 11.8 Å². The topological polar surface area (TPSA) is 76.4 Å². The lowest BCUT2D eigenvalue weighted by molar-refractivity contribution is -0.113. The Morgan fingerprint density at radius 1 is 1.20 bits per heavy atom. The van der Waals surface area contributed by atoms with Crippen LogP contribution in [0.3, 0.4) is 0 Å². The maximum Gasteiger partial charge on any atom is 0.254 e. The van der Waals surface area contributed by atoms with Crippen LogP contribution < -0.4 is 5.32 Å². The number of carbonyl (C=O) groups excluding carboxylic acids is 2. The highest BCUT2D eigenvalue weighted by Crippen LogP contribution is 2.26. The number of carbonyl (C=O) groups is 2. The van der Waals surface area contributed by atoms with E-state index in [0.29, 0.717) is 16.8 Å². The number of nitrogens with one attached hydrogen (secondary N) is 1. The number of thioether (sulfide) groups is 1. The first-order valence-corrected chi connectivity index (χ1v) is 10.9. The van der Waals surface area contributed by atoms with E-state index in [4.69, 9.17) is 5.26 Å². The molecule has 7 heteroatoms. The zero-order valence-electron chi connectivity index (χ0n) is 17.3. The summed E-state index contributed by atoms with van der Waals surface area (Å²) in [6.45, 7) is 1.98. The van der Waals surface area contributed by atoms with Crippen molar-refractivity contribution in [2.45, 2.75) is 23.8 Å². The third kappa shape index (κ3) is 5.62. The van der Waals surface area contributed by atoms with Gasteiger partial charge in [-0.2, -0.15) is 5.26 Å². The molecule has 1 saturated heterocycles. The fourth-order valence-electron chi connectivity index (χ4n) is 3.51. The molecule has 156 valence electrons. The second-order valence-corrected chi connectivity index (χ2v) is 8.49. The third-order valence-electron chi connectivity index (χ3n) is 5.31. The molecule has 2 aromatic rings. The van der Waals surface area contributed by atoms with Crippen molar-refractivity contribution in [3.05, 3.63) is 59.7 Å². The number of hydrogen-bond acceptors (Lipinski definition) is 5. The largest absolute Gasteiger partial charge is 0.339 e. The summed E-state index contributed by atoms with van der Waals surface area (Å²) in [6.07, 6.45) is 1.94. The number of nitriles is 1. The van der Waals surface area contributed by atoms with E-state index in [-0.39, 0.29) is 23.6 Å². The molecule has 1 heterocycles. The van der Waals surface area contributed by atoms with Gasteiger partial charge in [-0.25, -0.2) is 0 Å². The molecule has 0 radical (unpaired) electrons. The maximum absolute atomic E-state index is 13.1. The van der Waals surface area contributed by atoms with Gasteiger partial charge < -0.3 is 15.1 Å². The zero-order chi connectivity index (χ0) is 21.5. The van der Waals surface area contributed by atoms with Gasteiger partial charge in [-0.1, -0.05) is 18.2 Å². The van der Waals surface area contributed by atoms with Crippen molar-refractivity contribution in [1.29, 1.82) is 5.26 Å². The van der Waals surface area contributed by atoms with Crippen molar-refractivity contribution in [3.63, 3.8) is 0 Å². The smallest absolute Gasteiger partial charge is 0.254 e. The molecule has 0 aliphatic carbocycles. The molecule has 3 rings (SSSR count). The molecule has 0 unspecified atom stereocenters. The maximum atomic E-state index is 13.1. The SMILES string of the molecule is CN1CCC(N(C)C(=O)c2ccccc2SCC(=O)Nc2cccc(C#N)c2)CC1. The molecule has 0 spiro atoms. The van der Waals surface area contributed by atoms with Gasteiger partial charge >= 0.3 is 0 Å². The predicted molar refractivity (Wildman–Crippen MR) is 120 cm³/mol. The Morgan fingerprint density at radius 3 is 2.67 bits per heavy atom. The van der Waals surface area contributed by atoms with Crippen LogP contribution in [-0.4, -0.2) is 60.6 Å². The van der Waals surface area contributed by atoms with Crippen LogP contribution in [0.2, 0.25) is 0 Å². The van der Waals surface area contributed by atoms with Crippen molar-refractivity contribution in [2.24, 2.45) is 0 Å². The highest BCUT2D eigenvalue weighted by atomic mass is 32.2. The molecule has 0 saturated carbocycles. The zero-order valence-corrected chi connectivity index (χ0v) is 18.1. The number of piperidine rings is 1. The standard InChI is InChI=1S/C23H26N4O2S/c1-26-12-10-19(11-13-26)27(2)23(29)20-8-3-4-9-21(20)30-16-22(28)25-18-7-5-6-17(14-18)15-24/h3-9,14,19H,10-13,16H2,1-2H3,(H,25,28). The Balaban J connectivity index is 1.62. The lowest BCUT2D eigenvalue weighted by atomic mass is 10.0. The van der Waals surface area contributed by atoms with Gasteiger partial charge in [-0.05, 0) is 63.3 Å². The van der Waals surface area contributed by atoms with Crippen LogP contribution in [0.25, 0.3) is 0 Å². The Kier molecular flexibility index (Phi) is 7.50. The summed E-state index contributed by atoms with van der Waals surface area (Å²) in [7, 11) is 3.97. The van der Waals surface area contributed by atoms with Crippen molar-refractivity contribution in [1.82, 2.24) is 9.80 Å². The van der Waals surface area contributed by atoms with Crippen molar-refractivity contribution < 1.29 is 9.59 Å². The van der Waals surface area contributed by atoms with E-state index in [2.05, 4.69) is 23.3 Å². The average molecular weight is 423 g/mol. The van der Waals surface area contributed by atoms with Gasteiger partial charge in [-0.15, -0.1) is 11.8 Å². The molecule has 0 atom stereocenters. The molecule has 1 fully saturated rings. The van der Waals surface area contributed by atoms with E-state index < -0.39 is 0 Å². The molecule has 6 nitrogen and oxygen atoms in total. The van der Waals surface area contributed by atoms with Gasteiger partial charge in [0.2, 0.25) is 5.91 Å². The summed E-state index contributed by atoms with van der Waals surface area (Å²) in [4.78, 5) is 30.4. The predicted octanol–water partition coefficient (Wildman–Crippen LogP) is 3.46. The van der Waals surface area contributed by atoms with Gasteiger partial charge in [0.05, 0.1) is 22.9 Å². The monoisotopic (exact) mass is 422 g/mol. The van der Waals surface area contributed by atoms with Crippen molar-refractivity contribution in [2.75, 3.05) is 38.3 Å². The van der Waals surface area contributed by atoms with Crippen LogP contribution in [0, 0.1) is 11.3 Å². The van der Waals surface area contributed by atoms with E-state index in [9.17, 15) is 9.59 Å². The van der Waals surface area contributed by atoms with Gasteiger partial charge in [0, 0.05) is 23.7 Å². The lowest BCUT2D eigenvalue weighted by Gasteiger charge is -2.35. The first kappa shape index (κ1) is 21.9. The molecule has 0 aromatic heterocycles. The van der Waals surface area contributed by atoms with Crippen molar-refractivity contribution >= 4 is 29.3 Å². The molecule has 2 amide bonds. The molecular weight excluding hydrogens is 396 g/mol.